The summed E-state index contributed by atoms with van der Waals surface area (Å²) in [6.45, 7) is 1.91. The Kier molecular flexibility index (Phi) is 4.35. The molecule has 0 bridgehead atoms. The van der Waals surface area contributed by atoms with Crippen LogP contribution in [0.2, 0.25) is 5.02 Å². The Morgan fingerprint density at radius 3 is 2.61 bits per heavy atom. The van der Waals surface area contributed by atoms with Crippen LogP contribution in [-0.4, -0.2) is 15.8 Å². The van der Waals surface area contributed by atoms with Crippen LogP contribution >= 0.6 is 11.6 Å². The molecule has 2 aromatic carbocycles. The summed E-state index contributed by atoms with van der Waals surface area (Å²) in [6, 6.07) is 12.7. The third kappa shape index (κ3) is 3.38. The highest BCUT2D eigenvalue weighted by Gasteiger charge is 2.15. The molecule has 0 aliphatic rings. The molecule has 5 heteroatoms. The van der Waals surface area contributed by atoms with Crippen molar-refractivity contribution < 1.29 is 4.79 Å². The number of nitrogens with zero attached hydrogens (tertiary/aromatic N) is 2. The normalized spacial score (nSPS) is 10.3. The predicted octanol–water partition coefficient (Wildman–Crippen LogP) is 4.41. The molecule has 1 N–H and O–H groups in total. The molecule has 1 aromatic heterocycles. The molecular formula is C18H14ClN3O. The van der Waals surface area contributed by atoms with Crippen LogP contribution in [0.5, 0.6) is 0 Å². The van der Waals surface area contributed by atoms with Gasteiger partial charge in [-0.3, -0.25) is 9.78 Å². The van der Waals surface area contributed by atoms with Gasteiger partial charge in [0.25, 0.3) is 0 Å². The summed E-state index contributed by atoms with van der Waals surface area (Å²) in [5.74, 6) is 0.528. The van der Waals surface area contributed by atoms with Crippen LogP contribution in [0.1, 0.15) is 21.5 Å². The third-order valence-electron chi connectivity index (χ3n) is 3.44. The standard InChI is InChI=1S/C18H14ClN3O/c1-12-4-2-3-5-14(12)18(23)15-7-6-13(10-16(15)19)22-17-11-20-8-9-21-17/h2-11H,1H3,(H,21,22). The largest absolute Gasteiger partial charge is 0.339 e. The summed E-state index contributed by atoms with van der Waals surface area (Å²) < 4.78 is 0. The number of nitrogens with one attached hydrogen (secondary N) is 1. The summed E-state index contributed by atoms with van der Waals surface area (Å²) in [7, 11) is 0. The second kappa shape index (κ2) is 6.58. The number of anilines is 2. The lowest BCUT2D eigenvalue weighted by molar-refractivity contribution is 0.103. The van der Waals surface area contributed by atoms with Crippen LogP contribution in [0, 0.1) is 6.92 Å². The van der Waals surface area contributed by atoms with Gasteiger partial charge in [-0.25, -0.2) is 4.98 Å². The molecule has 0 amide bonds. The van der Waals surface area contributed by atoms with Crippen molar-refractivity contribution in [2.24, 2.45) is 0 Å². The number of aryl methyl sites for hydroxylation is 1. The minimum atomic E-state index is -0.0841. The molecule has 0 unspecified atom stereocenters. The summed E-state index contributed by atoms with van der Waals surface area (Å²) in [6.07, 6.45) is 4.81. The zero-order chi connectivity index (χ0) is 16.2. The van der Waals surface area contributed by atoms with E-state index in [0.717, 1.165) is 11.3 Å². The predicted molar refractivity (Wildman–Crippen MR) is 91.4 cm³/mol. The SMILES string of the molecule is Cc1ccccc1C(=O)c1ccc(Nc2cnccn2)cc1Cl. The van der Waals surface area contributed by atoms with E-state index >= 15 is 0 Å². The van der Waals surface area contributed by atoms with E-state index in [0.29, 0.717) is 22.0 Å². The van der Waals surface area contributed by atoms with Crippen molar-refractivity contribution in [3.05, 3.63) is 82.8 Å². The molecular weight excluding hydrogens is 310 g/mol. The van der Waals surface area contributed by atoms with E-state index in [1.54, 1.807) is 42.9 Å². The van der Waals surface area contributed by atoms with E-state index < -0.39 is 0 Å². The van der Waals surface area contributed by atoms with Crippen molar-refractivity contribution in [2.75, 3.05) is 5.32 Å². The molecule has 0 aliphatic heterocycles. The molecule has 114 valence electrons. The number of carbonyl (C=O) groups excluding carboxylic acids is 1. The fourth-order valence-corrected chi connectivity index (χ4v) is 2.53. The second-order valence-electron chi connectivity index (χ2n) is 5.05. The average molecular weight is 324 g/mol. The fraction of sp³-hybridized carbons (Fsp3) is 0.0556. The molecule has 3 aromatic rings. The molecule has 4 nitrogen and oxygen atoms in total. The van der Waals surface area contributed by atoms with E-state index in [9.17, 15) is 4.79 Å². The van der Waals surface area contributed by atoms with Crippen LogP contribution < -0.4 is 5.32 Å². The maximum Gasteiger partial charge on any atom is 0.194 e. The fourth-order valence-electron chi connectivity index (χ4n) is 2.26. The number of ketones is 1. The zero-order valence-electron chi connectivity index (χ0n) is 12.5. The molecule has 0 spiro atoms. The van der Waals surface area contributed by atoms with E-state index in [4.69, 9.17) is 11.6 Å². The number of carbonyl (C=O) groups is 1. The Hall–Kier alpha value is -2.72. The van der Waals surface area contributed by atoms with Gasteiger partial charge in [-0.15, -0.1) is 0 Å². The van der Waals surface area contributed by atoms with Crippen molar-refractivity contribution in [3.63, 3.8) is 0 Å². The van der Waals surface area contributed by atoms with Crippen molar-refractivity contribution >= 4 is 28.9 Å². The topological polar surface area (TPSA) is 54.9 Å². The number of benzene rings is 2. The van der Waals surface area contributed by atoms with Crippen LogP contribution in [0.25, 0.3) is 0 Å². The molecule has 0 radical (unpaired) electrons. The minimum absolute atomic E-state index is 0.0841. The Morgan fingerprint density at radius 2 is 1.91 bits per heavy atom. The smallest absolute Gasteiger partial charge is 0.194 e. The van der Waals surface area contributed by atoms with E-state index in [1.165, 1.54) is 0 Å². The molecule has 0 saturated heterocycles. The van der Waals surface area contributed by atoms with E-state index in [1.807, 2.05) is 25.1 Å². The first-order valence-electron chi connectivity index (χ1n) is 7.08. The summed E-state index contributed by atoms with van der Waals surface area (Å²) in [5, 5.41) is 3.49. The zero-order valence-corrected chi connectivity index (χ0v) is 13.2. The van der Waals surface area contributed by atoms with Crippen molar-refractivity contribution in [1.82, 2.24) is 9.97 Å². The van der Waals surface area contributed by atoms with Crippen LogP contribution in [0.3, 0.4) is 0 Å². The lowest BCUT2D eigenvalue weighted by atomic mass is 9.99. The first-order chi connectivity index (χ1) is 11.1. The number of halogens is 1. The number of hydrogen-bond donors (Lipinski definition) is 1. The Bertz CT molecular complexity index is 850. The number of aromatic nitrogens is 2. The molecule has 0 atom stereocenters. The number of rotatable bonds is 4. The van der Waals surface area contributed by atoms with Crippen LogP contribution in [0.4, 0.5) is 11.5 Å². The lowest BCUT2D eigenvalue weighted by Crippen LogP contribution is -2.05. The van der Waals surface area contributed by atoms with Gasteiger partial charge in [0.15, 0.2) is 5.78 Å². The van der Waals surface area contributed by atoms with Gasteiger partial charge in [-0.2, -0.15) is 0 Å². The summed E-state index contributed by atoms with van der Waals surface area (Å²) in [4.78, 5) is 20.8. The Balaban J connectivity index is 1.88. The quantitative estimate of drug-likeness (QED) is 0.722. The first-order valence-corrected chi connectivity index (χ1v) is 7.46. The van der Waals surface area contributed by atoms with Crippen molar-refractivity contribution in [1.29, 1.82) is 0 Å². The lowest BCUT2D eigenvalue weighted by Gasteiger charge is -2.09. The van der Waals surface area contributed by atoms with Gasteiger partial charge < -0.3 is 5.32 Å². The average Bonchev–Trinajstić information content (AvgIpc) is 2.56. The third-order valence-corrected chi connectivity index (χ3v) is 3.75. The van der Waals surface area contributed by atoms with E-state index in [-0.39, 0.29) is 5.78 Å². The molecule has 1 heterocycles. The highest BCUT2D eigenvalue weighted by molar-refractivity contribution is 6.35. The van der Waals surface area contributed by atoms with Crippen LogP contribution in [-0.2, 0) is 0 Å². The van der Waals surface area contributed by atoms with E-state index in [2.05, 4.69) is 15.3 Å². The van der Waals surface area contributed by atoms with Crippen molar-refractivity contribution in [2.45, 2.75) is 6.92 Å². The number of hydrogen-bond acceptors (Lipinski definition) is 4. The molecule has 0 fully saturated rings. The van der Waals surface area contributed by atoms with Crippen molar-refractivity contribution in [3.8, 4) is 0 Å². The maximum absolute atomic E-state index is 12.6. The molecule has 3 rings (SSSR count). The van der Waals surface area contributed by atoms with Gasteiger partial charge in [0, 0.05) is 29.2 Å². The van der Waals surface area contributed by atoms with Gasteiger partial charge in [-0.05, 0) is 30.7 Å². The maximum atomic E-state index is 12.6. The van der Waals surface area contributed by atoms with Gasteiger partial charge in [0.05, 0.1) is 11.2 Å². The second-order valence-corrected chi connectivity index (χ2v) is 5.46. The van der Waals surface area contributed by atoms with Gasteiger partial charge in [-0.1, -0.05) is 35.9 Å². The Labute approximate surface area is 139 Å². The highest BCUT2D eigenvalue weighted by Crippen LogP contribution is 2.25. The molecule has 23 heavy (non-hydrogen) atoms. The minimum Gasteiger partial charge on any atom is -0.339 e. The molecule has 0 saturated carbocycles. The monoisotopic (exact) mass is 323 g/mol. The first kappa shape index (κ1) is 15.2. The summed E-state index contributed by atoms with van der Waals surface area (Å²) in [5.41, 5.74) is 2.81. The Morgan fingerprint density at radius 1 is 1.09 bits per heavy atom. The summed E-state index contributed by atoms with van der Waals surface area (Å²) >= 11 is 6.30. The van der Waals surface area contributed by atoms with Gasteiger partial charge in [0.1, 0.15) is 5.82 Å². The highest BCUT2D eigenvalue weighted by atomic mass is 35.5. The van der Waals surface area contributed by atoms with Crippen LogP contribution in [0.15, 0.2) is 61.1 Å². The van der Waals surface area contributed by atoms with Gasteiger partial charge >= 0.3 is 0 Å². The molecule has 0 aliphatic carbocycles. The van der Waals surface area contributed by atoms with Gasteiger partial charge in [0.2, 0.25) is 0 Å².